The Morgan fingerprint density at radius 2 is 1.47 bits per heavy atom. The van der Waals surface area contributed by atoms with E-state index in [1.54, 1.807) is 7.05 Å². The third-order valence-electron chi connectivity index (χ3n) is 6.32. The van der Waals surface area contributed by atoms with Gasteiger partial charge in [0.25, 0.3) is 0 Å². The second-order valence-corrected chi connectivity index (χ2v) is 8.85. The van der Waals surface area contributed by atoms with Gasteiger partial charge in [0.2, 0.25) is 11.9 Å². The topological polar surface area (TPSA) is 74.0 Å². The molecule has 6 nitrogen and oxygen atoms in total. The summed E-state index contributed by atoms with van der Waals surface area (Å²) in [7, 11) is 1.77. The smallest absolute Gasteiger partial charge is 0.222 e. The van der Waals surface area contributed by atoms with Crippen molar-refractivity contribution in [1.82, 2.24) is 10.3 Å². The average Bonchev–Trinajstić information content (AvgIpc) is 2.93. The third kappa shape index (κ3) is 4.99. The quantitative estimate of drug-likeness (QED) is 0.289. The number of anilines is 1. The Morgan fingerprint density at radius 1 is 0.861 bits per heavy atom. The Morgan fingerprint density at radius 3 is 2.17 bits per heavy atom. The number of hydrogen-bond donors (Lipinski definition) is 2. The molecule has 1 atom stereocenters. The van der Waals surface area contributed by atoms with E-state index in [2.05, 4.69) is 46.6 Å². The minimum absolute atomic E-state index is 0.0366. The number of carbonyl (C=O) groups excluding carboxylic acids is 1. The van der Waals surface area contributed by atoms with Gasteiger partial charge in [-0.25, -0.2) is 10.8 Å². The van der Waals surface area contributed by atoms with Crippen LogP contribution in [0, 0.1) is 0 Å². The van der Waals surface area contributed by atoms with E-state index < -0.39 is 0 Å². The highest BCUT2D eigenvalue weighted by Crippen LogP contribution is 2.40. The number of nitrogens with one attached hydrogen (secondary N) is 1. The molecule has 1 aliphatic rings. The molecule has 4 aromatic carbocycles. The van der Waals surface area contributed by atoms with Crippen LogP contribution in [0.4, 0.5) is 11.4 Å². The molecule has 0 radical (unpaired) electrons. The summed E-state index contributed by atoms with van der Waals surface area (Å²) in [6, 6.07) is 36.1. The average molecular weight is 476 g/mol. The summed E-state index contributed by atoms with van der Waals surface area (Å²) in [5.74, 6) is 6.81. The first-order valence-electron chi connectivity index (χ1n) is 12.0. The van der Waals surface area contributed by atoms with Crippen LogP contribution in [-0.2, 0) is 11.3 Å². The van der Waals surface area contributed by atoms with E-state index in [-0.39, 0.29) is 18.4 Å². The zero-order chi connectivity index (χ0) is 24.9. The Kier molecular flexibility index (Phi) is 6.78. The molecule has 0 saturated heterocycles. The second kappa shape index (κ2) is 10.5. The molecule has 0 aliphatic carbocycles. The van der Waals surface area contributed by atoms with Crippen LogP contribution in [0.25, 0.3) is 11.1 Å². The summed E-state index contributed by atoms with van der Waals surface area (Å²) in [4.78, 5) is 20.1. The molecule has 1 aliphatic heterocycles. The van der Waals surface area contributed by atoms with E-state index in [1.807, 2.05) is 72.8 Å². The normalized spacial score (nSPS) is 14.6. The highest BCUT2D eigenvalue weighted by molar-refractivity contribution is 6.01. The summed E-state index contributed by atoms with van der Waals surface area (Å²) in [5, 5.41) is 4.58. The minimum atomic E-state index is -0.266. The van der Waals surface area contributed by atoms with Crippen molar-refractivity contribution in [3.63, 3.8) is 0 Å². The third-order valence-corrected chi connectivity index (χ3v) is 6.32. The van der Waals surface area contributed by atoms with Gasteiger partial charge in [0.1, 0.15) is 0 Å². The second-order valence-electron chi connectivity index (χ2n) is 8.85. The standard InChI is InChI=1S/C30H29N5O/c1-34(31)30-33-27-15-9-8-14-26(27)28(20-29(36)32-21-22-10-4-2-5-11-22)35(30)25-18-16-24(17-19-25)23-12-6-3-7-13-23/h2-19,28H,20-21,31H2,1H3,(H,32,36). The zero-order valence-electron chi connectivity index (χ0n) is 20.2. The number of benzene rings is 4. The lowest BCUT2D eigenvalue weighted by Gasteiger charge is -2.40. The number of para-hydroxylation sites is 1. The number of amides is 1. The van der Waals surface area contributed by atoms with Gasteiger partial charge in [-0.3, -0.25) is 9.80 Å². The fraction of sp³-hybridized carbons (Fsp3) is 0.133. The first-order valence-corrected chi connectivity index (χ1v) is 12.0. The molecular formula is C30H29N5O. The van der Waals surface area contributed by atoms with Crippen molar-refractivity contribution in [2.75, 3.05) is 11.9 Å². The summed E-state index contributed by atoms with van der Waals surface area (Å²) in [5.41, 5.74) is 6.06. The van der Waals surface area contributed by atoms with Crippen molar-refractivity contribution >= 4 is 23.2 Å². The number of aliphatic imine (C=N–C) groups is 1. The summed E-state index contributed by atoms with van der Waals surface area (Å²) < 4.78 is 0. The predicted molar refractivity (Wildman–Crippen MR) is 145 cm³/mol. The summed E-state index contributed by atoms with van der Waals surface area (Å²) >= 11 is 0. The molecule has 6 heteroatoms. The van der Waals surface area contributed by atoms with E-state index in [4.69, 9.17) is 10.8 Å². The van der Waals surface area contributed by atoms with Gasteiger partial charge in [0.15, 0.2) is 0 Å². The van der Waals surface area contributed by atoms with Crippen molar-refractivity contribution < 1.29 is 4.79 Å². The Balaban J connectivity index is 1.47. The van der Waals surface area contributed by atoms with E-state index in [9.17, 15) is 4.79 Å². The molecule has 0 fully saturated rings. The molecule has 3 N–H and O–H groups in total. The number of nitrogens with zero attached hydrogens (tertiary/aromatic N) is 3. The number of guanidine groups is 1. The van der Waals surface area contributed by atoms with Crippen LogP contribution in [0.5, 0.6) is 0 Å². The van der Waals surface area contributed by atoms with Crippen LogP contribution in [-0.4, -0.2) is 23.9 Å². The monoisotopic (exact) mass is 475 g/mol. The fourth-order valence-corrected chi connectivity index (χ4v) is 4.55. The van der Waals surface area contributed by atoms with Crippen LogP contribution in [0.3, 0.4) is 0 Å². The molecule has 0 spiro atoms. The molecule has 1 heterocycles. The van der Waals surface area contributed by atoms with Gasteiger partial charge in [-0.15, -0.1) is 0 Å². The number of rotatable bonds is 6. The molecular weight excluding hydrogens is 446 g/mol. The number of nitrogens with two attached hydrogens (primary N) is 1. The first-order chi connectivity index (χ1) is 17.6. The van der Waals surface area contributed by atoms with Gasteiger partial charge in [-0.2, -0.15) is 0 Å². The summed E-state index contributed by atoms with van der Waals surface area (Å²) in [6.07, 6.45) is 0.261. The maximum Gasteiger partial charge on any atom is 0.222 e. The van der Waals surface area contributed by atoms with Crippen molar-refractivity contribution in [2.24, 2.45) is 10.8 Å². The van der Waals surface area contributed by atoms with Gasteiger partial charge >= 0.3 is 0 Å². The maximum absolute atomic E-state index is 13.2. The van der Waals surface area contributed by atoms with Crippen LogP contribution in [0.2, 0.25) is 0 Å². The number of fused-ring (bicyclic) bond motifs is 1. The van der Waals surface area contributed by atoms with Crippen LogP contribution in [0.1, 0.15) is 23.6 Å². The van der Waals surface area contributed by atoms with E-state index in [0.29, 0.717) is 12.5 Å². The van der Waals surface area contributed by atoms with Crippen molar-refractivity contribution in [2.45, 2.75) is 19.0 Å². The maximum atomic E-state index is 13.2. The van der Waals surface area contributed by atoms with Crippen molar-refractivity contribution in [3.05, 3.63) is 120 Å². The lowest BCUT2D eigenvalue weighted by atomic mass is 9.96. The SMILES string of the molecule is CN(N)C1=Nc2ccccc2C(CC(=O)NCc2ccccc2)N1c1ccc(-c2ccccc2)cc1. The largest absolute Gasteiger partial charge is 0.352 e. The van der Waals surface area contributed by atoms with Crippen LogP contribution in [0.15, 0.2) is 114 Å². The van der Waals surface area contributed by atoms with E-state index >= 15 is 0 Å². The van der Waals surface area contributed by atoms with Crippen molar-refractivity contribution in [1.29, 1.82) is 0 Å². The van der Waals surface area contributed by atoms with E-state index in [1.165, 1.54) is 5.01 Å². The molecule has 4 aromatic rings. The predicted octanol–water partition coefficient (Wildman–Crippen LogP) is 5.41. The lowest BCUT2D eigenvalue weighted by Crippen LogP contribution is -2.50. The molecule has 36 heavy (non-hydrogen) atoms. The lowest BCUT2D eigenvalue weighted by molar-refractivity contribution is -0.121. The molecule has 5 rings (SSSR count). The number of hydrazine groups is 1. The van der Waals surface area contributed by atoms with Gasteiger partial charge in [0.05, 0.1) is 18.2 Å². The zero-order valence-corrected chi connectivity index (χ0v) is 20.2. The molecule has 0 saturated carbocycles. The van der Waals surface area contributed by atoms with Gasteiger partial charge < -0.3 is 10.2 Å². The molecule has 0 bridgehead atoms. The van der Waals surface area contributed by atoms with Crippen molar-refractivity contribution in [3.8, 4) is 11.1 Å². The number of hydrogen-bond acceptors (Lipinski definition) is 5. The number of carbonyl (C=O) groups is 1. The molecule has 1 unspecified atom stereocenters. The van der Waals surface area contributed by atoms with Gasteiger partial charge in [-0.05, 0) is 34.9 Å². The van der Waals surface area contributed by atoms with Crippen LogP contribution < -0.4 is 16.1 Å². The Bertz CT molecular complexity index is 1350. The van der Waals surface area contributed by atoms with Crippen LogP contribution >= 0.6 is 0 Å². The Labute approximate surface area is 211 Å². The first kappa shape index (κ1) is 23.3. The highest BCUT2D eigenvalue weighted by atomic mass is 16.1. The van der Waals surface area contributed by atoms with Gasteiger partial charge in [-0.1, -0.05) is 91.0 Å². The minimum Gasteiger partial charge on any atom is -0.352 e. The molecule has 0 aromatic heterocycles. The van der Waals surface area contributed by atoms with E-state index in [0.717, 1.165) is 33.6 Å². The molecule has 1 amide bonds. The van der Waals surface area contributed by atoms with Gasteiger partial charge in [0, 0.05) is 24.8 Å². The Hall–Kier alpha value is -4.42. The fourth-order valence-electron chi connectivity index (χ4n) is 4.55. The molecule has 180 valence electrons. The highest BCUT2D eigenvalue weighted by Gasteiger charge is 2.34. The summed E-state index contributed by atoms with van der Waals surface area (Å²) in [6.45, 7) is 0.484.